The lowest BCUT2D eigenvalue weighted by Crippen LogP contribution is -2.19. The molecule has 0 amide bonds. The summed E-state index contributed by atoms with van der Waals surface area (Å²) in [5.74, 6) is 2.37. The van der Waals surface area contributed by atoms with Gasteiger partial charge in [-0.2, -0.15) is 0 Å². The molecule has 1 heterocycles. The zero-order valence-electron chi connectivity index (χ0n) is 11.9. The first-order chi connectivity index (χ1) is 9.72. The van der Waals surface area contributed by atoms with Crippen molar-refractivity contribution in [1.82, 2.24) is 20.2 Å². The van der Waals surface area contributed by atoms with Crippen LogP contribution in [0.3, 0.4) is 0 Å². The number of hydrogen-bond acceptors (Lipinski definition) is 4. The van der Waals surface area contributed by atoms with Gasteiger partial charge in [0, 0.05) is 17.8 Å². The van der Waals surface area contributed by atoms with Crippen molar-refractivity contribution in [3.05, 3.63) is 24.3 Å². The molecule has 20 heavy (non-hydrogen) atoms. The first kappa shape index (κ1) is 13.1. The van der Waals surface area contributed by atoms with Gasteiger partial charge in [-0.1, -0.05) is 31.9 Å². The third kappa shape index (κ3) is 2.81. The van der Waals surface area contributed by atoms with Crippen molar-refractivity contribution < 1.29 is 0 Å². The molecule has 106 valence electrons. The number of tetrazole rings is 1. The fraction of sp³-hybridized carbons (Fsp3) is 0.533. The van der Waals surface area contributed by atoms with Gasteiger partial charge in [-0.15, -0.1) is 5.10 Å². The Kier molecular flexibility index (Phi) is 3.67. The van der Waals surface area contributed by atoms with Crippen LogP contribution in [0.15, 0.2) is 24.3 Å². The molecule has 0 aliphatic heterocycles. The Balaban J connectivity index is 1.77. The van der Waals surface area contributed by atoms with E-state index in [1.54, 1.807) is 0 Å². The molecule has 1 aromatic carbocycles. The molecule has 5 heteroatoms. The number of anilines is 1. The summed E-state index contributed by atoms with van der Waals surface area (Å²) in [6.07, 6.45) is 5.19. The highest BCUT2D eigenvalue weighted by molar-refractivity contribution is 5.60. The Morgan fingerprint density at radius 3 is 2.80 bits per heavy atom. The molecule has 0 atom stereocenters. The number of nitrogens with zero attached hydrogens (tertiary/aromatic N) is 4. The molecule has 1 aromatic heterocycles. The van der Waals surface area contributed by atoms with E-state index in [0.717, 1.165) is 29.5 Å². The van der Waals surface area contributed by atoms with Crippen LogP contribution in [0.4, 0.5) is 5.69 Å². The van der Waals surface area contributed by atoms with E-state index in [-0.39, 0.29) is 0 Å². The van der Waals surface area contributed by atoms with Crippen LogP contribution in [0.1, 0.15) is 32.6 Å². The van der Waals surface area contributed by atoms with Crippen LogP contribution in [-0.4, -0.2) is 20.2 Å². The van der Waals surface area contributed by atoms with Crippen LogP contribution in [0.2, 0.25) is 0 Å². The number of aromatic nitrogens is 4. The third-order valence-electron chi connectivity index (χ3n) is 4.24. The Bertz CT molecular complexity index is 569. The van der Waals surface area contributed by atoms with Crippen molar-refractivity contribution in [2.24, 2.45) is 11.8 Å². The molecule has 1 fully saturated rings. The quantitative estimate of drug-likeness (QED) is 0.871. The van der Waals surface area contributed by atoms with Crippen molar-refractivity contribution in [1.29, 1.82) is 0 Å². The van der Waals surface area contributed by atoms with E-state index in [0.29, 0.717) is 5.92 Å². The molecule has 0 unspecified atom stereocenters. The molecule has 0 radical (unpaired) electrons. The lowest BCUT2D eigenvalue weighted by molar-refractivity contribution is 0.257. The fourth-order valence-corrected chi connectivity index (χ4v) is 2.97. The third-order valence-corrected chi connectivity index (χ3v) is 4.24. The summed E-state index contributed by atoms with van der Waals surface area (Å²) in [4.78, 5) is 0. The fourth-order valence-electron chi connectivity index (χ4n) is 2.97. The number of nitrogen functional groups attached to an aromatic ring is 1. The Morgan fingerprint density at radius 2 is 2.05 bits per heavy atom. The van der Waals surface area contributed by atoms with Gasteiger partial charge < -0.3 is 5.73 Å². The Labute approximate surface area is 119 Å². The minimum Gasteiger partial charge on any atom is -0.399 e. The van der Waals surface area contributed by atoms with Gasteiger partial charge in [0.25, 0.3) is 0 Å². The zero-order chi connectivity index (χ0) is 13.9. The lowest BCUT2D eigenvalue weighted by Gasteiger charge is -2.26. The van der Waals surface area contributed by atoms with Gasteiger partial charge in [0.05, 0.1) is 0 Å². The van der Waals surface area contributed by atoms with Gasteiger partial charge in [0.1, 0.15) is 0 Å². The second kappa shape index (κ2) is 5.61. The molecule has 2 aromatic rings. The van der Waals surface area contributed by atoms with Crippen molar-refractivity contribution >= 4 is 5.69 Å². The molecule has 2 N–H and O–H groups in total. The predicted molar refractivity (Wildman–Crippen MR) is 78.8 cm³/mol. The highest BCUT2D eigenvalue weighted by Crippen LogP contribution is 2.30. The predicted octanol–water partition coefficient (Wildman–Crippen LogP) is 2.75. The lowest BCUT2D eigenvalue weighted by atomic mass is 9.83. The van der Waals surface area contributed by atoms with Gasteiger partial charge in [-0.3, -0.25) is 0 Å². The van der Waals surface area contributed by atoms with Gasteiger partial charge in [0.15, 0.2) is 5.82 Å². The summed E-state index contributed by atoms with van der Waals surface area (Å²) in [6, 6.07) is 7.73. The number of benzene rings is 1. The molecule has 0 bridgehead atoms. The van der Waals surface area contributed by atoms with Gasteiger partial charge in [-0.25, -0.2) is 4.68 Å². The number of nitrogens with two attached hydrogens (primary N) is 1. The number of hydrogen-bond donors (Lipinski definition) is 1. The van der Waals surface area contributed by atoms with Crippen LogP contribution in [-0.2, 0) is 6.54 Å². The van der Waals surface area contributed by atoms with E-state index in [1.165, 1.54) is 25.7 Å². The molecule has 3 rings (SSSR count). The molecule has 0 spiro atoms. The van der Waals surface area contributed by atoms with E-state index in [9.17, 15) is 0 Å². The normalized spacial score (nSPS) is 22.9. The van der Waals surface area contributed by atoms with E-state index < -0.39 is 0 Å². The SMILES string of the molecule is CC1CCC(Cn2nnnc2-c2cccc(N)c2)CC1. The van der Waals surface area contributed by atoms with Gasteiger partial charge in [0.2, 0.25) is 0 Å². The van der Waals surface area contributed by atoms with E-state index >= 15 is 0 Å². The standard InChI is InChI=1S/C15H21N5/c1-11-5-7-12(8-6-11)10-20-15(17-18-19-20)13-3-2-4-14(16)9-13/h2-4,9,11-12H,5-8,10,16H2,1H3. The summed E-state index contributed by atoms with van der Waals surface area (Å²) in [5, 5.41) is 12.1. The largest absolute Gasteiger partial charge is 0.399 e. The van der Waals surface area contributed by atoms with E-state index in [2.05, 4.69) is 22.4 Å². The zero-order valence-corrected chi connectivity index (χ0v) is 11.9. The maximum Gasteiger partial charge on any atom is 0.182 e. The number of rotatable bonds is 3. The summed E-state index contributed by atoms with van der Waals surface area (Å²) in [7, 11) is 0. The molecule has 1 aliphatic carbocycles. The topological polar surface area (TPSA) is 69.6 Å². The molecular formula is C15H21N5. The van der Waals surface area contributed by atoms with Crippen LogP contribution in [0, 0.1) is 11.8 Å². The average molecular weight is 271 g/mol. The highest BCUT2D eigenvalue weighted by Gasteiger charge is 2.20. The van der Waals surface area contributed by atoms with E-state index in [1.807, 2.05) is 28.9 Å². The maximum absolute atomic E-state index is 5.84. The first-order valence-electron chi connectivity index (χ1n) is 7.34. The van der Waals surface area contributed by atoms with Crippen LogP contribution < -0.4 is 5.73 Å². The van der Waals surface area contributed by atoms with Crippen molar-refractivity contribution in [3.63, 3.8) is 0 Å². The molecule has 1 aliphatic rings. The molecule has 5 nitrogen and oxygen atoms in total. The Hall–Kier alpha value is -1.91. The van der Waals surface area contributed by atoms with Crippen LogP contribution >= 0.6 is 0 Å². The van der Waals surface area contributed by atoms with Crippen molar-refractivity contribution in [2.75, 3.05) is 5.73 Å². The van der Waals surface area contributed by atoms with Gasteiger partial charge in [-0.05, 0) is 47.2 Å². The second-order valence-corrected chi connectivity index (χ2v) is 5.94. The monoisotopic (exact) mass is 271 g/mol. The summed E-state index contributed by atoms with van der Waals surface area (Å²) in [5.41, 5.74) is 7.56. The Morgan fingerprint density at radius 1 is 1.25 bits per heavy atom. The summed E-state index contributed by atoms with van der Waals surface area (Å²) in [6.45, 7) is 3.25. The van der Waals surface area contributed by atoms with Crippen molar-refractivity contribution in [2.45, 2.75) is 39.2 Å². The second-order valence-electron chi connectivity index (χ2n) is 5.94. The summed E-state index contributed by atoms with van der Waals surface area (Å²) >= 11 is 0. The first-order valence-corrected chi connectivity index (χ1v) is 7.34. The minimum absolute atomic E-state index is 0.689. The van der Waals surface area contributed by atoms with Crippen molar-refractivity contribution in [3.8, 4) is 11.4 Å². The average Bonchev–Trinajstić information content (AvgIpc) is 2.89. The smallest absolute Gasteiger partial charge is 0.182 e. The summed E-state index contributed by atoms with van der Waals surface area (Å²) < 4.78 is 1.93. The van der Waals surface area contributed by atoms with E-state index in [4.69, 9.17) is 5.73 Å². The minimum atomic E-state index is 0.689. The van der Waals surface area contributed by atoms with Gasteiger partial charge >= 0.3 is 0 Å². The molecular weight excluding hydrogens is 250 g/mol. The highest BCUT2D eigenvalue weighted by atomic mass is 15.5. The van der Waals surface area contributed by atoms with Crippen LogP contribution in [0.5, 0.6) is 0 Å². The molecule has 1 saturated carbocycles. The maximum atomic E-state index is 5.84. The molecule has 0 saturated heterocycles. The van der Waals surface area contributed by atoms with Crippen LogP contribution in [0.25, 0.3) is 11.4 Å².